The third-order valence-corrected chi connectivity index (χ3v) is 5.08. The quantitative estimate of drug-likeness (QED) is 0.669. The number of carboxylic acids is 1. The van der Waals surface area contributed by atoms with Crippen LogP contribution in [0.15, 0.2) is 23.6 Å². The number of urea groups is 1. The number of hydrogen-bond acceptors (Lipinski definition) is 5. The maximum absolute atomic E-state index is 12.6. The van der Waals surface area contributed by atoms with Gasteiger partial charge < -0.3 is 10.4 Å². The number of thiazole rings is 1. The van der Waals surface area contributed by atoms with Crippen LogP contribution in [-0.2, 0) is 11.2 Å². The van der Waals surface area contributed by atoms with Crippen molar-refractivity contribution in [3.63, 3.8) is 0 Å². The lowest BCUT2D eigenvalue weighted by Crippen LogP contribution is -2.25. The fourth-order valence-electron chi connectivity index (χ4n) is 2.71. The molecule has 1 aliphatic carbocycles. The van der Waals surface area contributed by atoms with Gasteiger partial charge in [-0.25, -0.2) is 9.78 Å². The summed E-state index contributed by atoms with van der Waals surface area (Å²) in [6.07, 6.45) is 2.65. The number of anilines is 2. The van der Waals surface area contributed by atoms with Crippen LogP contribution < -0.4 is 10.6 Å². The van der Waals surface area contributed by atoms with E-state index in [1.165, 1.54) is 0 Å². The van der Waals surface area contributed by atoms with E-state index in [1.807, 2.05) is 13.0 Å². The van der Waals surface area contributed by atoms with E-state index in [4.69, 9.17) is 5.11 Å². The van der Waals surface area contributed by atoms with E-state index in [0.717, 1.165) is 36.2 Å². The maximum atomic E-state index is 12.6. The van der Waals surface area contributed by atoms with E-state index >= 15 is 0 Å². The summed E-state index contributed by atoms with van der Waals surface area (Å²) in [6.45, 7) is 1.90. The molecule has 0 atom stereocenters. The second-order valence-corrected chi connectivity index (χ2v) is 7.19. The second kappa shape index (κ2) is 7.65. The molecular weight excluding hydrogens is 354 g/mol. The Labute approximate surface area is 154 Å². The van der Waals surface area contributed by atoms with Crippen molar-refractivity contribution in [2.45, 2.75) is 32.6 Å². The second-order valence-electron chi connectivity index (χ2n) is 6.33. The Balaban J connectivity index is 1.69. The van der Waals surface area contributed by atoms with Gasteiger partial charge in [-0.2, -0.15) is 0 Å². The number of aryl methyl sites for hydroxylation is 1. The number of nitrogens with zero attached hydrogens (tertiary/aromatic N) is 1. The fraction of sp³-hybridized carbons (Fsp3) is 0.333. The normalized spacial score (nSPS) is 13.7. The molecule has 26 heavy (non-hydrogen) atoms. The molecule has 0 saturated heterocycles. The Morgan fingerprint density at radius 3 is 2.69 bits per heavy atom. The molecule has 2 amide bonds. The van der Waals surface area contributed by atoms with Gasteiger partial charge in [0.05, 0.1) is 17.8 Å². The van der Waals surface area contributed by atoms with Gasteiger partial charge in [-0.05, 0) is 31.9 Å². The molecule has 136 valence electrons. The summed E-state index contributed by atoms with van der Waals surface area (Å²) in [5, 5.41) is 15.9. The first-order valence-electron chi connectivity index (χ1n) is 8.31. The maximum Gasteiger partial charge on any atom is 0.325 e. The van der Waals surface area contributed by atoms with Crippen molar-refractivity contribution in [3.8, 4) is 0 Å². The molecule has 1 aliphatic rings. The first kappa shape index (κ1) is 18.1. The summed E-state index contributed by atoms with van der Waals surface area (Å²) in [5.41, 5.74) is 2.33. The first-order chi connectivity index (χ1) is 12.4. The van der Waals surface area contributed by atoms with Crippen molar-refractivity contribution < 1.29 is 19.5 Å². The van der Waals surface area contributed by atoms with Crippen molar-refractivity contribution in [3.05, 3.63) is 40.4 Å². The highest BCUT2D eigenvalue weighted by Crippen LogP contribution is 2.32. The molecule has 3 rings (SSSR count). The number of benzene rings is 1. The molecule has 1 saturated carbocycles. The van der Waals surface area contributed by atoms with Crippen molar-refractivity contribution in [1.82, 2.24) is 4.98 Å². The van der Waals surface area contributed by atoms with Crippen LogP contribution in [0.5, 0.6) is 0 Å². The van der Waals surface area contributed by atoms with Crippen LogP contribution in [0.4, 0.5) is 15.6 Å². The number of carbonyl (C=O) groups is 3. The van der Waals surface area contributed by atoms with Gasteiger partial charge in [0.2, 0.25) is 0 Å². The Morgan fingerprint density at radius 1 is 1.27 bits per heavy atom. The van der Waals surface area contributed by atoms with Crippen molar-refractivity contribution >= 4 is 39.9 Å². The summed E-state index contributed by atoms with van der Waals surface area (Å²) in [4.78, 5) is 39.6. The molecule has 1 aromatic carbocycles. The van der Waals surface area contributed by atoms with Crippen LogP contribution in [0.2, 0.25) is 0 Å². The Bertz CT molecular complexity index is 858. The molecule has 0 spiro atoms. The van der Waals surface area contributed by atoms with Crippen LogP contribution in [0.1, 0.15) is 40.9 Å². The van der Waals surface area contributed by atoms with E-state index in [2.05, 4.69) is 15.6 Å². The molecule has 0 aliphatic heterocycles. The number of aliphatic carboxylic acids is 1. The van der Waals surface area contributed by atoms with E-state index in [9.17, 15) is 14.4 Å². The van der Waals surface area contributed by atoms with Gasteiger partial charge in [0.1, 0.15) is 0 Å². The third kappa shape index (κ3) is 4.26. The zero-order valence-corrected chi connectivity index (χ0v) is 15.1. The summed E-state index contributed by atoms with van der Waals surface area (Å²) < 4.78 is 0. The van der Waals surface area contributed by atoms with E-state index in [-0.39, 0.29) is 18.1 Å². The molecule has 2 aromatic rings. The minimum Gasteiger partial charge on any atom is -0.481 e. The molecule has 3 N–H and O–H groups in total. The van der Waals surface area contributed by atoms with Crippen molar-refractivity contribution in [2.24, 2.45) is 5.92 Å². The number of aromatic nitrogens is 1. The SMILES string of the molecule is Cc1ccc(NC(=O)Nc2nc(CC(=O)O)cs2)c(C(=O)C2CCC2)c1. The van der Waals surface area contributed by atoms with E-state index < -0.39 is 12.0 Å². The molecule has 1 aromatic heterocycles. The number of hydrogen-bond donors (Lipinski definition) is 3. The average Bonchev–Trinajstić information content (AvgIpc) is 2.93. The zero-order valence-electron chi connectivity index (χ0n) is 14.2. The Kier molecular flexibility index (Phi) is 5.32. The number of rotatable bonds is 6. The lowest BCUT2D eigenvalue weighted by Gasteiger charge is -2.25. The van der Waals surface area contributed by atoms with Crippen LogP contribution in [0.25, 0.3) is 0 Å². The number of ketones is 1. The van der Waals surface area contributed by atoms with Crippen molar-refractivity contribution in [2.75, 3.05) is 10.6 Å². The highest BCUT2D eigenvalue weighted by molar-refractivity contribution is 7.14. The van der Waals surface area contributed by atoms with Gasteiger partial charge in [-0.15, -0.1) is 11.3 Å². The zero-order chi connectivity index (χ0) is 18.7. The third-order valence-electron chi connectivity index (χ3n) is 4.27. The van der Waals surface area contributed by atoms with Crippen LogP contribution in [0, 0.1) is 12.8 Å². The van der Waals surface area contributed by atoms with Gasteiger partial charge in [0.15, 0.2) is 10.9 Å². The minimum atomic E-state index is -0.981. The summed E-state index contributed by atoms with van der Waals surface area (Å²) in [6, 6.07) is 4.83. The lowest BCUT2D eigenvalue weighted by atomic mass is 9.79. The molecule has 0 radical (unpaired) electrons. The molecule has 1 fully saturated rings. The van der Waals surface area contributed by atoms with Crippen LogP contribution in [0.3, 0.4) is 0 Å². The standard InChI is InChI=1S/C18H19N3O4S/c1-10-5-6-14(13(7-10)16(24)11-3-2-4-11)20-17(25)21-18-19-12(9-26-18)8-15(22)23/h5-7,9,11H,2-4,8H2,1H3,(H,22,23)(H2,19,20,21,25). The predicted molar refractivity (Wildman–Crippen MR) is 98.9 cm³/mol. The summed E-state index contributed by atoms with van der Waals surface area (Å²) in [7, 11) is 0. The van der Waals surface area contributed by atoms with Gasteiger partial charge in [0, 0.05) is 16.9 Å². The molecule has 1 heterocycles. The van der Waals surface area contributed by atoms with Gasteiger partial charge in [-0.3, -0.25) is 14.9 Å². The number of carboxylic acid groups (broad SMARTS) is 1. The van der Waals surface area contributed by atoms with E-state index in [1.54, 1.807) is 17.5 Å². The molecule has 0 bridgehead atoms. The topological polar surface area (TPSA) is 108 Å². The Hall–Kier alpha value is -2.74. The molecule has 7 nitrogen and oxygen atoms in total. The number of carbonyl (C=O) groups excluding carboxylic acids is 2. The average molecular weight is 373 g/mol. The van der Waals surface area contributed by atoms with Gasteiger partial charge >= 0.3 is 12.0 Å². The largest absolute Gasteiger partial charge is 0.481 e. The van der Waals surface area contributed by atoms with E-state index in [0.29, 0.717) is 22.1 Å². The Morgan fingerprint density at radius 2 is 2.04 bits per heavy atom. The fourth-order valence-corrected chi connectivity index (χ4v) is 3.42. The van der Waals surface area contributed by atoms with Gasteiger partial charge in [-0.1, -0.05) is 18.1 Å². The highest BCUT2D eigenvalue weighted by atomic mass is 32.1. The predicted octanol–water partition coefficient (Wildman–Crippen LogP) is 3.71. The minimum absolute atomic E-state index is 0.0398. The molecule has 0 unspecified atom stereocenters. The highest BCUT2D eigenvalue weighted by Gasteiger charge is 2.28. The molecular formula is C18H19N3O4S. The summed E-state index contributed by atoms with van der Waals surface area (Å²) >= 11 is 1.15. The van der Waals surface area contributed by atoms with Crippen molar-refractivity contribution in [1.29, 1.82) is 0 Å². The number of amides is 2. The number of Topliss-reactive ketones (excluding diaryl/α,β-unsaturated/α-hetero) is 1. The number of nitrogens with one attached hydrogen (secondary N) is 2. The smallest absolute Gasteiger partial charge is 0.325 e. The van der Waals surface area contributed by atoms with Gasteiger partial charge in [0.25, 0.3) is 0 Å². The lowest BCUT2D eigenvalue weighted by molar-refractivity contribution is -0.136. The van der Waals surface area contributed by atoms with Crippen LogP contribution in [-0.4, -0.2) is 27.9 Å². The first-order valence-corrected chi connectivity index (χ1v) is 9.19. The molecule has 8 heteroatoms. The van der Waals surface area contributed by atoms with Crippen LogP contribution >= 0.6 is 11.3 Å². The monoisotopic (exact) mass is 373 g/mol. The summed E-state index contributed by atoms with van der Waals surface area (Å²) in [5.74, 6) is -0.878.